The Morgan fingerprint density at radius 1 is 1.29 bits per heavy atom. The van der Waals surface area contributed by atoms with E-state index in [4.69, 9.17) is 9.81 Å². The van der Waals surface area contributed by atoms with E-state index in [-0.39, 0.29) is 17.7 Å². The summed E-state index contributed by atoms with van der Waals surface area (Å²) in [6, 6.07) is 8.87. The van der Waals surface area contributed by atoms with Gasteiger partial charge in [0, 0.05) is 0 Å². The number of allylic oxidation sites excluding steroid dienone is 1. The molecule has 1 aliphatic rings. The Kier molecular flexibility index (Phi) is 5.66. The average Bonchev–Trinajstić information content (AvgIpc) is 2.50. The zero-order valence-corrected chi connectivity index (χ0v) is 14.1. The highest BCUT2D eigenvalue weighted by atomic mass is 32.2. The summed E-state index contributed by atoms with van der Waals surface area (Å²) in [5, 5.41) is 14.4. The number of amides is 1. The van der Waals surface area contributed by atoms with Crippen molar-refractivity contribution in [1.82, 2.24) is 10.6 Å². The lowest BCUT2D eigenvalue weighted by molar-refractivity contribution is -0.117. The van der Waals surface area contributed by atoms with E-state index in [1.807, 2.05) is 6.07 Å². The minimum atomic E-state index is -4.05. The van der Waals surface area contributed by atoms with E-state index in [0.717, 1.165) is 5.56 Å². The molecule has 1 atom stereocenters. The smallest absolute Gasteiger partial charge is 0.266 e. The summed E-state index contributed by atoms with van der Waals surface area (Å²) in [4.78, 5) is 11.7. The molecule has 2 rings (SSSR count). The van der Waals surface area contributed by atoms with Crippen molar-refractivity contribution in [2.75, 3.05) is 5.75 Å². The summed E-state index contributed by atoms with van der Waals surface area (Å²) in [5.41, 5.74) is 1.09. The number of nitrogens with one attached hydrogen (secondary N) is 2. The first-order chi connectivity index (χ1) is 11.3. The van der Waals surface area contributed by atoms with Crippen molar-refractivity contribution in [1.29, 1.82) is 5.26 Å². The molecule has 1 aromatic carbocycles. The number of rotatable bonds is 5. The molecule has 0 aromatic heterocycles. The molecule has 7 nitrogen and oxygen atoms in total. The minimum Gasteiger partial charge on any atom is -0.356 e. The van der Waals surface area contributed by atoms with Crippen LogP contribution >= 0.6 is 12.6 Å². The highest BCUT2D eigenvalue weighted by Crippen LogP contribution is 2.16. The number of carbonyl (C=O) groups excluding carboxylic acids is 1. The monoisotopic (exact) mass is 365 g/mol. The number of thiol groups is 1. The van der Waals surface area contributed by atoms with Crippen LogP contribution in [0.15, 0.2) is 41.6 Å². The van der Waals surface area contributed by atoms with E-state index in [9.17, 15) is 13.2 Å². The fraction of sp³-hybridized carbons (Fsp3) is 0.200. The third-order valence-electron chi connectivity index (χ3n) is 3.28. The zero-order valence-electron chi connectivity index (χ0n) is 12.4. The van der Waals surface area contributed by atoms with Crippen molar-refractivity contribution >= 4 is 34.7 Å². The largest absolute Gasteiger partial charge is 0.356 e. The summed E-state index contributed by atoms with van der Waals surface area (Å²) in [6.45, 7) is 0. The Morgan fingerprint density at radius 2 is 2.00 bits per heavy atom. The first-order valence-electron chi connectivity index (χ1n) is 6.91. The van der Waals surface area contributed by atoms with Crippen molar-refractivity contribution in [3.8, 4) is 6.07 Å². The van der Waals surface area contributed by atoms with Gasteiger partial charge in [-0.05, 0) is 23.6 Å². The minimum absolute atomic E-state index is 0.0630. The molecule has 1 amide bonds. The van der Waals surface area contributed by atoms with Crippen molar-refractivity contribution in [2.45, 2.75) is 11.9 Å². The molecule has 1 aliphatic heterocycles. The number of aryl methyl sites for hydroxylation is 1. The maximum absolute atomic E-state index is 11.7. The molecule has 0 aliphatic carbocycles. The van der Waals surface area contributed by atoms with Gasteiger partial charge in [0.2, 0.25) is 0 Å². The topological polar surface area (TPSA) is 119 Å². The molecule has 0 spiro atoms. The Morgan fingerprint density at radius 3 is 2.67 bits per heavy atom. The Balaban J connectivity index is 2.29. The molecule has 1 aromatic rings. The number of nitriles is 1. The first-order valence-corrected chi connectivity index (χ1v) is 9.04. The van der Waals surface area contributed by atoms with Gasteiger partial charge in [0.05, 0.1) is 11.4 Å². The van der Waals surface area contributed by atoms with Gasteiger partial charge in [0.15, 0.2) is 0 Å². The summed E-state index contributed by atoms with van der Waals surface area (Å²) < 4.78 is 30.7. The molecule has 0 saturated carbocycles. The fourth-order valence-electron chi connectivity index (χ4n) is 2.15. The fourth-order valence-corrected chi connectivity index (χ4v) is 2.89. The third kappa shape index (κ3) is 4.86. The van der Waals surface area contributed by atoms with Crippen LogP contribution in [-0.2, 0) is 21.3 Å². The normalized spacial score (nSPS) is 18.2. The summed E-state index contributed by atoms with van der Waals surface area (Å²) >= 11 is 4.11. The van der Waals surface area contributed by atoms with Crippen LogP contribution in [0.5, 0.6) is 0 Å². The Hall–Kier alpha value is -2.28. The highest BCUT2D eigenvalue weighted by Gasteiger charge is 2.22. The SMILES string of the molecule is N#CC1=C(/C=C/c2ccccc2CCS(=O)(=O)O)NC(S)NC1=O. The van der Waals surface area contributed by atoms with Gasteiger partial charge in [0.25, 0.3) is 16.0 Å². The molecule has 24 heavy (non-hydrogen) atoms. The molecule has 1 unspecified atom stereocenters. The van der Waals surface area contributed by atoms with Crippen molar-refractivity contribution < 1.29 is 17.8 Å². The molecule has 0 saturated heterocycles. The summed E-state index contributed by atoms with van der Waals surface area (Å²) in [7, 11) is -4.05. The van der Waals surface area contributed by atoms with Gasteiger partial charge in [-0.2, -0.15) is 13.7 Å². The van der Waals surface area contributed by atoms with Crippen LogP contribution < -0.4 is 10.6 Å². The highest BCUT2D eigenvalue weighted by molar-refractivity contribution is 7.85. The quantitative estimate of drug-likeness (QED) is 0.453. The van der Waals surface area contributed by atoms with Gasteiger partial charge >= 0.3 is 0 Å². The lowest BCUT2D eigenvalue weighted by Crippen LogP contribution is -2.46. The standard InChI is InChI=1S/C15H15N3O4S2/c16-9-12-13(17-15(23)18-14(12)19)6-5-10-3-1-2-4-11(10)7-8-24(20,21)22/h1-6,15,17,23H,7-8H2,(H,18,19)(H,20,21,22)/b6-5+. The zero-order chi connectivity index (χ0) is 17.7. The second-order valence-electron chi connectivity index (χ2n) is 4.99. The van der Waals surface area contributed by atoms with Crippen molar-refractivity contribution in [3.63, 3.8) is 0 Å². The van der Waals surface area contributed by atoms with Gasteiger partial charge < -0.3 is 10.6 Å². The lowest BCUT2D eigenvalue weighted by atomic mass is 10.0. The summed E-state index contributed by atoms with van der Waals surface area (Å²) in [6.07, 6.45) is 3.37. The third-order valence-corrected chi connectivity index (χ3v) is 4.26. The van der Waals surface area contributed by atoms with Crippen LogP contribution in [0.4, 0.5) is 0 Å². The van der Waals surface area contributed by atoms with E-state index in [1.54, 1.807) is 36.4 Å². The van der Waals surface area contributed by atoms with Crippen LogP contribution in [0, 0.1) is 11.3 Å². The van der Waals surface area contributed by atoms with Crippen molar-refractivity contribution in [3.05, 3.63) is 52.7 Å². The molecule has 0 radical (unpaired) electrons. The van der Waals surface area contributed by atoms with E-state index in [1.165, 1.54) is 0 Å². The summed E-state index contributed by atoms with van der Waals surface area (Å²) in [5.74, 6) is -0.904. The second kappa shape index (κ2) is 7.53. The van der Waals surface area contributed by atoms with Crippen molar-refractivity contribution in [2.24, 2.45) is 0 Å². The van der Waals surface area contributed by atoms with E-state index in [0.29, 0.717) is 11.3 Å². The Labute approximate surface area is 145 Å². The molecule has 3 N–H and O–H groups in total. The van der Waals surface area contributed by atoms with Crippen LogP contribution in [0.25, 0.3) is 6.08 Å². The maximum atomic E-state index is 11.7. The first kappa shape index (κ1) is 18.1. The lowest BCUT2D eigenvalue weighted by Gasteiger charge is -2.22. The van der Waals surface area contributed by atoms with Gasteiger partial charge in [0.1, 0.15) is 17.1 Å². The average molecular weight is 365 g/mol. The van der Waals surface area contributed by atoms with E-state index in [2.05, 4.69) is 23.3 Å². The van der Waals surface area contributed by atoms with Crippen LogP contribution in [0.3, 0.4) is 0 Å². The van der Waals surface area contributed by atoms with Crippen LogP contribution in [0.2, 0.25) is 0 Å². The number of carbonyl (C=O) groups is 1. The van der Waals surface area contributed by atoms with Crippen LogP contribution in [0.1, 0.15) is 11.1 Å². The number of hydrogen-bond donors (Lipinski definition) is 4. The molecular formula is C15H15N3O4S2. The molecule has 0 fully saturated rings. The number of nitrogens with zero attached hydrogens (tertiary/aromatic N) is 1. The maximum Gasteiger partial charge on any atom is 0.266 e. The molecule has 0 bridgehead atoms. The number of benzene rings is 1. The predicted molar refractivity (Wildman–Crippen MR) is 92.3 cm³/mol. The van der Waals surface area contributed by atoms with Crippen LogP contribution in [-0.4, -0.2) is 30.1 Å². The molecule has 9 heteroatoms. The van der Waals surface area contributed by atoms with E-state index < -0.39 is 21.5 Å². The molecular weight excluding hydrogens is 350 g/mol. The predicted octanol–water partition coefficient (Wildman–Crippen LogP) is 0.841. The molecule has 1 heterocycles. The van der Waals surface area contributed by atoms with Gasteiger partial charge in [-0.25, -0.2) is 0 Å². The molecule has 126 valence electrons. The second-order valence-corrected chi connectivity index (χ2v) is 7.08. The Bertz CT molecular complexity index is 854. The van der Waals surface area contributed by atoms with Gasteiger partial charge in [-0.15, -0.1) is 12.6 Å². The van der Waals surface area contributed by atoms with Gasteiger partial charge in [-0.3, -0.25) is 9.35 Å². The van der Waals surface area contributed by atoms with E-state index >= 15 is 0 Å². The number of hydrogen-bond acceptors (Lipinski definition) is 6. The van der Waals surface area contributed by atoms with Gasteiger partial charge in [-0.1, -0.05) is 30.3 Å².